The first kappa shape index (κ1) is 29.5. The number of unbranched alkanes of at least 4 members (excludes halogenated alkanes) is 1. The van der Waals surface area contributed by atoms with Gasteiger partial charge in [0.1, 0.15) is 15.8 Å². The van der Waals surface area contributed by atoms with Gasteiger partial charge >= 0.3 is 0 Å². The van der Waals surface area contributed by atoms with Crippen molar-refractivity contribution < 1.29 is 23.5 Å². The highest BCUT2D eigenvalue weighted by Crippen LogP contribution is 2.49. The van der Waals surface area contributed by atoms with Crippen molar-refractivity contribution in [3.63, 3.8) is 0 Å². The number of carbonyl (C=O) groups excluding carboxylic acids is 2. The van der Waals surface area contributed by atoms with Gasteiger partial charge in [0.15, 0.2) is 18.1 Å². The van der Waals surface area contributed by atoms with Gasteiger partial charge in [-0.3, -0.25) is 14.5 Å². The van der Waals surface area contributed by atoms with Crippen LogP contribution in [-0.2, 0) is 16.0 Å². The van der Waals surface area contributed by atoms with Gasteiger partial charge < -0.3 is 19.2 Å². The molecule has 7 nitrogen and oxygen atoms in total. The van der Waals surface area contributed by atoms with Gasteiger partial charge in [-0.15, -0.1) is 0 Å². The second-order valence-corrected chi connectivity index (χ2v) is 13.1. The molecule has 3 atom stereocenters. The third kappa shape index (κ3) is 6.83. The molecular formula is C34H36N2O5S2. The molecule has 9 heteroatoms. The lowest BCUT2D eigenvalue weighted by atomic mass is 9.94. The van der Waals surface area contributed by atoms with Crippen LogP contribution < -0.4 is 14.8 Å². The number of furan rings is 1. The molecule has 2 saturated carbocycles. The molecule has 1 aromatic heterocycles. The smallest absolute Gasteiger partial charge is 0.266 e. The largest absolute Gasteiger partial charge is 0.493 e. The maximum atomic E-state index is 13.3. The van der Waals surface area contributed by atoms with Crippen LogP contribution in [0.1, 0.15) is 49.8 Å². The van der Waals surface area contributed by atoms with E-state index < -0.39 is 0 Å². The molecule has 0 radical (unpaired) electrons. The standard InChI is InChI=1S/C34H36N2O5S2/c1-39-29-14-12-25(19-30(29)40-21-32(37)35-16-6-5-9-22-7-3-2-4-8-22)28-15-13-26(41-28)20-31-33(38)36(34(42)43-31)27-18-23-10-11-24(27)17-23/h2-4,7-8,12-15,19-20,23-24,27H,5-6,9-11,16-18,21H2,1H3,(H,35,37)/b31-20-. The van der Waals surface area contributed by atoms with Crippen LogP contribution >= 0.6 is 24.0 Å². The molecular weight excluding hydrogens is 581 g/mol. The van der Waals surface area contributed by atoms with Crippen LogP contribution in [0.15, 0.2) is 70.0 Å². The van der Waals surface area contributed by atoms with Crippen molar-refractivity contribution in [3.05, 3.63) is 76.9 Å². The summed E-state index contributed by atoms with van der Waals surface area (Å²) in [7, 11) is 1.56. The van der Waals surface area contributed by atoms with E-state index in [0.29, 0.717) is 44.7 Å². The van der Waals surface area contributed by atoms with Crippen molar-refractivity contribution in [1.82, 2.24) is 10.2 Å². The van der Waals surface area contributed by atoms with E-state index in [1.54, 1.807) is 25.3 Å². The average molecular weight is 617 g/mol. The number of rotatable bonds is 12. The molecule has 3 aliphatic rings. The Morgan fingerprint density at radius 2 is 1.95 bits per heavy atom. The Morgan fingerprint density at radius 1 is 1.09 bits per heavy atom. The molecule has 6 rings (SSSR count). The Labute approximate surface area is 262 Å². The molecule has 2 heterocycles. The Hall–Kier alpha value is -3.56. The van der Waals surface area contributed by atoms with Crippen LogP contribution in [0, 0.1) is 11.8 Å². The number of benzene rings is 2. The number of thioether (sulfide) groups is 1. The van der Waals surface area contributed by atoms with Crippen molar-refractivity contribution in [2.24, 2.45) is 11.8 Å². The van der Waals surface area contributed by atoms with Gasteiger partial charge in [-0.2, -0.15) is 0 Å². The summed E-state index contributed by atoms with van der Waals surface area (Å²) >= 11 is 6.98. The molecule has 224 valence electrons. The fourth-order valence-corrected chi connectivity index (χ4v) is 7.82. The van der Waals surface area contributed by atoms with Crippen molar-refractivity contribution in [1.29, 1.82) is 0 Å². The Morgan fingerprint density at radius 3 is 2.72 bits per heavy atom. The lowest BCUT2D eigenvalue weighted by Crippen LogP contribution is -2.41. The minimum absolute atomic E-state index is 0.0138. The minimum atomic E-state index is -0.185. The third-order valence-electron chi connectivity index (χ3n) is 8.62. The summed E-state index contributed by atoms with van der Waals surface area (Å²) in [6.45, 7) is 0.480. The van der Waals surface area contributed by atoms with E-state index >= 15 is 0 Å². The minimum Gasteiger partial charge on any atom is -0.493 e. The Bertz CT molecular complexity index is 1520. The van der Waals surface area contributed by atoms with E-state index in [-0.39, 0.29) is 24.5 Å². The summed E-state index contributed by atoms with van der Waals surface area (Å²) in [5, 5.41) is 2.92. The molecule has 3 fully saturated rings. The number of aryl methyl sites for hydroxylation is 1. The fraction of sp³-hybridized carbons (Fsp3) is 0.382. The van der Waals surface area contributed by atoms with E-state index in [1.165, 1.54) is 36.6 Å². The fourth-order valence-electron chi connectivity index (χ4n) is 6.47. The zero-order valence-electron chi connectivity index (χ0n) is 24.3. The molecule has 2 amide bonds. The van der Waals surface area contributed by atoms with Gasteiger partial charge in [-0.25, -0.2) is 0 Å². The quantitative estimate of drug-likeness (QED) is 0.135. The number of methoxy groups -OCH3 is 1. The van der Waals surface area contributed by atoms with Gasteiger partial charge in [0.05, 0.1) is 12.0 Å². The maximum Gasteiger partial charge on any atom is 0.266 e. The van der Waals surface area contributed by atoms with E-state index in [2.05, 4.69) is 17.4 Å². The number of carbonyl (C=O) groups is 2. The van der Waals surface area contributed by atoms with Crippen LogP contribution in [0.2, 0.25) is 0 Å². The molecule has 3 aromatic rings. The second kappa shape index (κ2) is 13.4. The molecule has 3 unspecified atom stereocenters. The van der Waals surface area contributed by atoms with Gasteiger partial charge in [0, 0.05) is 24.2 Å². The lowest BCUT2D eigenvalue weighted by Gasteiger charge is -2.30. The summed E-state index contributed by atoms with van der Waals surface area (Å²) in [4.78, 5) is 28.2. The molecule has 1 aliphatic heterocycles. The van der Waals surface area contributed by atoms with Crippen molar-refractivity contribution >= 4 is 46.2 Å². The summed E-state index contributed by atoms with van der Waals surface area (Å²) in [6, 6.07) is 19.7. The number of thiocarbonyl (C=S) groups is 1. The summed E-state index contributed by atoms with van der Waals surface area (Å²) in [5.74, 6) is 3.27. The number of fused-ring (bicyclic) bond motifs is 2. The zero-order valence-corrected chi connectivity index (χ0v) is 25.9. The van der Waals surface area contributed by atoms with Gasteiger partial charge in [0.25, 0.3) is 11.8 Å². The predicted molar refractivity (Wildman–Crippen MR) is 173 cm³/mol. The Balaban J connectivity index is 1.04. The van der Waals surface area contributed by atoms with Gasteiger partial charge in [-0.05, 0) is 86.3 Å². The number of nitrogens with one attached hydrogen (secondary N) is 1. The lowest BCUT2D eigenvalue weighted by molar-refractivity contribution is -0.124. The van der Waals surface area contributed by atoms with Crippen LogP contribution in [0.4, 0.5) is 0 Å². The van der Waals surface area contributed by atoms with Gasteiger partial charge in [-0.1, -0.05) is 60.7 Å². The van der Waals surface area contributed by atoms with Gasteiger partial charge in [0.2, 0.25) is 0 Å². The van der Waals surface area contributed by atoms with E-state index in [0.717, 1.165) is 37.2 Å². The molecule has 0 spiro atoms. The number of amides is 2. The van der Waals surface area contributed by atoms with E-state index in [9.17, 15) is 9.59 Å². The highest BCUT2D eigenvalue weighted by Gasteiger charge is 2.48. The summed E-state index contributed by atoms with van der Waals surface area (Å²) in [5.41, 5.74) is 2.07. The van der Waals surface area contributed by atoms with Crippen molar-refractivity contribution in [3.8, 4) is 22.8 Å². The Kier molecular flexibility index (Phi) is 9.19. The van der Waals surface area contributed by atoms with E-state index in [1.807, 2.05) is 41.3 Å². The SMILES string of the molecule is COc1ccc(-c2ccc(/C=C3\SC(=S)N(C4CC5CCC4C5)C3=O)o2)cc1OCC(=O)NCCCCc1ccccc1. The topological polar surface area (TPSA) is 81.0 Å². The summed E-state index contributed by atoms with van der Waals surface area (Å²) < 4.78 is 18.1. The van der Waals surface area contributed by atoms with Crippen molar-refractivity contribution in [2.45, 2.75) is 51.0 Å². The first-order valence-corrected chi connectivity index (χ1v) is 16.2. The van der Waals surface area contributed by atoms with Crippen LogP contribution in [0.3, 0.4) is 0 Å². The van der Waals surface area contributed by atoms with Crippen LogP contribution in [-0.4, -0.2) is 47.3 Å². The van der Waals surface area contributed by atoms with Crippen molar-refractivity contribution in [2.75, 3.05) is 20.3 Å². The molecule has 1 N–H and O–H groups in total. The van der Waals surface area contributed by atoms with Crippen LogP contribution in [0.25, 0.3) is 17.4 Å². The normalized spacial score (nSPS) is 22.0. The summed E-state index contributed by atoms with van der Waals surface area (Å²) in [6.07, 6.45) is 9.42. The number of hydrogen-bond donors (Lipinski definition) is 1. The maximum absolute atomic E-state index is 13.3. The monoisotopic (exact) mass is 616 g/mol. The third-order valence-corrected chi connectivity index (χ3v) is 9.95. The highest BCUT2D eigenvalue weighted by molar-refractivity contribution is 8.26. The highest BCUT2D eigenvalue weighted by atomic mass is 32.2. The van der Waals surface area contributed by atoms with Crippen LogP contribution in [0.5, 0.6) is 11.5 Å². The predicted octanol–water partition coefficient (Wildman–Crippen LogP) is 6.86. The first-order chi connectivity index (χ1) is 21.0. The molecule has 2 aromatic carbocycles. The first-order valence-electron chi connectivity index (χ1n) is 15.0. The number of nitrogens with zero attached hydrogens (tertiary/aromatic N) is 1. The molecule has 2 bridgehead atoms. The molecule has 43 heavy (non-hydrogen) atoms. The average Bonchev–Trinajstić information content (AvgIpc) is 3.82. The second-order valence-electron chi connectivity index (χ2n) is 11.4. The molecule has 2 aliphatic carbocycles. The molecule has 1 saturated heterocycles. The number of ether oxygens (including phenoxy) is 2. The number of hydrogen-bond acceptors (Lipinski definition) is 7. The van der Waals surface area contributed by atoms with E-state index in [4.69, 9.17) is 26.1 Å². The zero-order chi connectivity index (χ0) is 29.8.